The van der Waals surface area contributed by atoms with E-state index in [1.165, 1.54) is 0 Å². The van der Waals surface area contributed by atoms with E-state index in [0.717, 1.165) is 35.3 Å². The second-order valence-corrected chi connectivity index (χ2v) is 4.12. The molecule has 0 unspecified atom stereocenters. The average Bonchev–Trinajstić information content (AvgIpc) is 2.58. The highest BCUT2D eigenvalue weighted by atomic mass is 16.4. The molecule has 90 valence electrons. The fourth-order valence-electron chi connectivity index (χ4n) is 1.61. The van der Waals surface area contributed by atoms with Gasteiger partial charge in [-0.15, -0.1) is 0 Å². The molecule has 0 saturated carbocycles. The van der Waals surface area contributed by atoms with Crippen LogP contribution in [0.3, 0.4) is 0 Å². The van der Waals surface area contributed by atoms with Crippen LogP contribution in [0.15, 0.2) is 22.6 Å². The SMILES string of the molecule is Cc1cccc(CNCc2nc(C)c(C)o2)n1. The van der Waals surface area contributed by atoms with Crippen LogP contribution in [-0.2, 0) is 13.1 Å². The van der Waals surface area contributed by atoms with E-state index in [9.17, 15) is 0 Å². The molecule has 0 bridgehead atoms. The van der Waals surface area contributed by atoms with Crippen molar-refractivity contribution in [3.05, 3.63) is 46.9 Å². The fourth-order valence-corrected chi connectivity index (χ4v) is 1.61. The predicted octanol–water partition coefficient (Wildman–Crippen LogP) is 2.28. The Morgan fingerprint density at radius 1 is 1.12 bits per heavy atom. The van der Waals surface area contributed by atoms with Gasteiger partial charge in [-0.2, -0.15) is 0 Å². The van der Waals surface area contributed by atoms with E-state index in [0.29, 0.717) is 6.54 Å². The lowest BCUT2D eigenvalue weighted by Crippen LogP contribution is -2.14. The third kappa shape index (κ3) is 3.14. The lowest BCUT2D eigenvalue weighted by Gasteiger charge is -2.02. The molecule has 0 aromatic carbocycles. The third-order valence-corrected chi connectivity index (χ3v) is 2.60. The number of rotatable bonds is 4. The smallest absolute Gasteiger partial charge is 0.208 e. The number of pyridine rings is 1. The molecule has 1 N–H and O–H groups in total. The molecule has 0 aliphatic rings. The molecule has 0 aliphatic carbocycles. The molecule has 4 heteroatoms. The van der Waals surface area contributed by atoms with Gasteiger partial charge in [0.1, 0.15) is 5.76 Å². The predicted molar refractivity (Wildman–Crippen MR) is 65.5 cm³/mol. The molecule has 2 rings (SSSR count). The zero-order chi connectivity index (χ0) is 12.3. The summed E-state index contributed by atoms with van der Waals surface area (Å²) < 4.78 is 5.48. The third-order valence-electron chi connectivity index (χ3n) is 2.60. The quantitative estimate of drug-likeness (QED) is 0.877. The molecule has 2 aromatic rings. The van der Waals surface area contributed by atoms with Gasteiger partial charge in [-0.1, -0.05) is 6.07 Å². The molecule has 0 saturated heterocycles. The number of nitrogens with zero attached hydrogens (tertiary/aromatic N) is 2. The summed E-state index contributed by atoms with van der Waals surface area (Å²) in [6.45, 7) is 7.22. The Kier molecular flexibility index (Phi) is 3.54. The Bertz CT molecular complexity index is 486. The van der Waals surface area contributed by atoms with E-state index in [4.69, 9.17) is 4.42 Å². The number of hydrogen-bond acceptors (Lipinski definition) is 4. The van der Waals surface area contributed by atoms with Gasteiger partial charge in [0.2, 0.25) is 5.89 Å². The Hall–Kier alpha value is -1.68. The van der Waals surface area contributed by atoms with E-state index in [2.05, 4.69) is 15.3 Å². The van der Waals surface area contributed by atoms with Gasteiger partial charge in [0, 0.05) is 12.2 Å². The second-order valence-electron chi connectivity index (χ2n) is 4.12. The van der Waals surface area contributed by atoms with Crippen LogP contribution in [-0.4, -0.2) is 9.97 Å². The van der Waals surface area contributed by atoms with Crippen LogP contribution in [0, 0.1) is 20.8 Å². The van der Waals surface area contributed by atoms with Gasteiger partial charge >= 0.3 is 0 Å². The molecule has 0 atom stereocenters. The van der Waals surface area contributed by atoms with Gasteiger partial charge in [0.25, 0.3) is 0 Å². The van der Waals surface area contributed by atoms with Crippen molar-refractivity contribution in [3.8, 4) is 0 Å². The summed E-state index contributed by atoms with van der Waals surface area (Å²) in [5.74, 6) is 1.61. The first-order chi connectivity index (χ1) is 8.15. The molecule has 17 heavy (non-hydrogen) atoms. The van der Waals surface area contributed by atoms with E-state index < -0.39 is 0 Å². The van der Waals surface area contributed by atoms with Crippen LogP contribution < -0.4 is 5.32 Å². The highest BCUT2D eigenvalue weighted by molar-refractivity contribution is 5.10. The topological polar surface area (TPSA) is 51.0 Å². The van der Waals surface area contributed by atoms with Crippen molar-refractivity contribution in [1.29, 1.82) is 0 Å². The summed E-state index contributed by atoms with van der Waals surface area (Å²) in [6.07, 6.45) is 0. The molecule has 4 nitrogen and oxygen atoms in total. The highest BCUT2D eigenvalue weighted by Crippen LogP contribution is 2.07. The first-order valence-electron chi connectivity index (χ1n) is 5.71. The molecule has 0 amide bonds. The van der Waals surface area contributed by atoms with Crippen LogP contribution in [0.4, 0.5) is 0 Å². The normalized spacial score (nSPS) is 10.8. The maximum atomic E-state index is 5.48. The van der Waals surface area contributed by atoms with Crippen LogP contribution in [0.25, 0.3) is 0 Å². The van der Waals surface area contributed by atoms with Crippen molar-refractivity contribution in [2.75, 3.05) is 0 Å². The molecule has 0 aliphatic heterocycles. The van der Waals surface area contributed by atoms with Gasteiger partial charge in [0.15, 0.2) is 0 Å². The summed E-state index contributed by atoms with van der Waals surface area (Å²) in [7, 11) is 0. The number of aryl methyl sites for hydroxylation is 3. The number of aromatic nitrogens is 2. The molecule has 0 radical (unpaired) electrons. The van der Waals surface area contributed by atoms with Crippen molar-refractivity contribution in [2.45, 2.75) is 33.9 Å². The van der Waals surface area contributed by atoms with E-state index in [1.54, 1.807) is 0 Å². The van der Waals surface area contributed by atoms with Crippen molar-refractivity contribution < 1.29 is 4.42 Å². The molecule has 2 heterocycles. The first kappa shape index (κ1) is 11.8. The molecule has 0 spiro atoms. The van der Waals surface area contributed by atoms with E-state index >= 15 is 0 Å². The minimum atomic E-state index is 0.629. The van der Waals surface area contributed by atoms with Gasteiger partial charge in [0.05, 0.1) is 17.9 Å². The van der Waals surface area contributed by atoms with Crippen LogP contribution in [0.1, 0.15) is 28.7 Å². The number of nitrogens with one attached hydrogen (secondary N) is 1. The standard InChI is InChI=1S/C13H17N3O/c1-9-5-4-6-12(15-9)7-14-8-13-16-10(2)11(3)17-13/h4-6,14H,7-8H2,1-3H3. The maximum Gasteiger partial charge on any atom is 0.208 e. The Morgan fingerprint density at radius 2 is 1.94 bits per heavy atom. The van der Waals surface area contributed by atoms with Gasteiger partial charge in [-0.25, -0.2) is 4.98 Å². The summed E-state index contributed by atoms with van der Waals surface area (Å²) in [5.41, 5.74) is 3.02. The fraction of sp³-hybridized carbons (Fsp3) is 0.385. The Balaban J connectivity index is 1.87. The van der Waals surface area contributed by atoms with Gasteiger partial charge < -0.3 is 9.73 Å². The first-order valence-corrected chi connectivity index (χ1v) is 5.71. The molecular weight excluding hydrogens is 214 g/mol. The van der Waals surface area contributed by atoms with Crippen molar-refractivity contribution >= 4 is 0 Å². The van der Waals surface area contributed by atoms with Crippen LogP contribution in [0.2, 0.25) is 0 Å². The lowest BCUT2D eigenvalue weighted by atomic mass is 10.3. The number of oxazole rings is 1. The molecule has 2 aromatic heterocycles. The van der Waals surface area contributed by atoms with Crippen molar-refractivity contribution in [1.82, 2.24) is 15.3 Å². The van der Waals surface area contributed by atoms with Crippen LogP contribution in [0.5, 0.6) is 0 Å². The zero-order valence-electron chi connectivity index (χ0n) is 10.4. The monoisotopic (exact) mass is 231 g/mol. The van der Waals surface area contributed by atoms with Gasteiger partial charge in [-0.3, -0.25) is 4.98 Å². The lowest BCUT2D eigenvalue weighted by molar-refractivity contribution is 0.448. The largest absolute Gasteiger partial charge is 0.444 e. The summed E-state index contributed by atoms with van der Waals surface area (Å²) in [5, 5.41) is 3.27. The van der Waals surface area contributed by atoms with Crippen molar-refractivity contribution in [2.24, 2.45) is 0 Å². The average molecular weight is 231 g/mol. The minimum absolute atomic E-state index is 0.629. The summed E-state index contributed by atoms with van der Waals surface area (Å²) in [6, 6.07) is 6.01. The highest BCUT2D eigenvalue weighted by Gasteiger charge is 2.04. The van der Waals surface area contributed by atoms with E-state index in [-0.39, 0.29) is 0 Å². The zero-order valence-corrected chi connectivity index (χ0v) is 10.4. The Morgan fingerprint density at radius 3 is 2.59 bits per heavy atom. The van der Waals surface area contributed by atoms with Gasteiger partial charge in [-0.05, 0) is 32.9 Å². The summed E-state index contributed by atoms with van der Waals surface area (Å²) in [4.78, 5) is 8.72. The molecular formula is C13H17N3O. The van der Waals surface area contributed by atoms with Crippen LogP contribution >= 0.6 is 0 Å². The minimum Gasteiger partial charge on any atom is -0.444 e. The van der Waals surface area contributed by atoms with E-state index in [1.807, 2.05) is 39.0 Å². The second kappa shape index (κ2) is 5.10. The maximum absolute atomic E-state index is 5.48. The molecule has 0 fully saturated rings. The van der Waals surface area contributed by atoms with Crippen molar-refractivity contribution in [3.63, 3.8) is 0 Å². The number of hydrogen-bond donors (Lipinski definition) is 1. The Labute approximate surface area is 101 Å². The summed E-state index contributed by atoms with van der Waals surface area (Å²) >= 11 is 0.